The third-order valence-corrected chi connectivity index (χ3v) is 8.61. The number of hydrogen-bond acceptors (Lipinski definition) is 6. The predicted molar refractivity (Wildman–Crippen MR) is 161 cm³/mol. The van der Waals surface area contributed by atoms with Gasteiger partial charge in [-0.15, -0.1) is 0 Å². The number of ether oxygens (including phenoxy) is 2. The zero-order valence-corrected chi connectivity index (χ0v) is 26.0. The van der Waals surface area contributed by atoms with E-state index in [4.69, 9.17) is 9.47 Å². The number of hydrogen-bond donors (Lipinski definition) is 1. The van der Waals surface area contributed by atoms with E-state index in [1.165, 1.54) is 12.1 Å². The predicted octanol–water partition coefficient (Wildman–Crippen LogP) is 6.28. The molecule has 2 aromatic carbocycles. The summed E-state index contributed by atoms with van der Waals surface area (Å²) >= 11 is 0. The van der Waals surface area contributed by atoms with E-state index < -0.39 is 22.9 Å². The maximum Gasteiger partial charge on any atom is 0.416 e. The molecule has 0 atom stereocenters. The molecule has 0 unspecified atom stereocenters. The smallest absolute Gasteiger partial charge is 0.416 e. The molecule has 3 aliphatic heterocycles. The van der Waals surface area contributed by atoms with Crippen molar-refractivity contribution >= 4 is 23.8 Å². The molecule has 1 spiro atoms. The molecule has 2 aromatic rings. The number of likely N-dealkylation sites (tertiary alicyclic amines) is 2. The van der Waals surface area contributed by atoms with Gasteiger partial charge in [0.25, 0.3) is 0 Å². The first-order valence-corrected chi connectivity index (χ1v) is 15.4. The summed E-state index contributed by atoms with van der Waals surface area (Å²) in [6, 6.07) is 12.6. The average Bonchev–Trinajstić information content (AvgIpc) is 3.28. The van der Waals surface area contributed by atoms with Crippen LogP contribution >= 0.6 is 0 Å². The Kier molecular flexibility index (Phi) is 9.34. The van der Waals surface area contributed by atoms with E-state index in [0.29, 0.717) is 77.2 Å². The van der Waals surface area contributed by atoms with Crippen LogP contribution in [0.3, 0.4) is 0 Å². The van der Waals surface area contributed by atoms with E-state index in [1.807, 2.05) is 45.0 Å². The van der Waals surface area contributed by atoms with Crippen molar-refractivity contribution in [1.29, 1.82) is 0 Å². The molecular weight excluding hydrogens is 589 g/mol. The molecule has 3 saturated heterocycles. The van der Waals surface area contributed by atoms with Crippen LogP contribution in [0.5, 0.6) is 0 Å². The molecule has 244 valence electrons. The average molecular weight is 631 g/mol. The van der Waals surface area contributed by atoms with Crippen LogP contribution in [0.25, 0.3) is 0 Å². The Hall–Kier alpha value is -3.80. The maximum atomic E-state index is 12.9. The Balaban J connectivity index is 1.06. The van der Waals surface area contributed by atoms with Crippen LogP contribution in [0.4, 0.5) is 28.4 Å². The number of alkyl halides is 3. The summed E-state index contributed by atoms with van der Waals surface area (Å²) in [6.07, 6.45) is -2.64. The minimum absolute atomic E-state index is 0.0821. The van der Waals surface area contributed by atoms with Crippen molar-refractivity contribution in [2.45, 2.75) is 76.9 Å². The Morgan fingerprint density at radius 1 is 0.911 bits per heavy atom. The van der Waals surface area contributed by atoms with Crippen LogP contribution in [-0.2, 0) is 33.5 Å². The minimum atomic E-state index is -4.35. The first-order chi connectivity index (χ1) is 21.2. The molecule has 3 fully saturated rings. The van der Waals surface area contributed by atoms with E-state index >= 15 is 0 Å². The van der Waals surface area contributed by atoms with Crippen molar-refractivity contribution in [3.8, 4) is 0 Å². The number of nitrogens with one attached hydrogen (secondary N) is 1. The van der Waals surface area contributed by atoms with Gasteiger partial charge in [0, 0.05) is 63.7 Å². The maximum absolute atomic E-state index is 12.9. The highest BCUT2D eigenvalue weighted by Crippen LogP contribution is 2.35. The van der Waals surface area contributed by atoms with E-state index in [2.05, 4.69) is 10.2 Å². The van der Waals surface area contributed by atoms with Gasteiger partial charge < -0.3 is 19.7 Å². The Labute approximate surface area is 261 Å². The van der Waals surface area contributed by atoms with Gasteiger partial charge in [-0.2, -0.15) is 13.2 Å². The molecule has 5 rings (SSSR count). The Bertz CT molecular complexity index is 1360. The van der Waals surface area contributed by atoms with E-state index in [9.17, 15) is 27.6 Å². The summed E-state index contributed by atoms with van der Waals surface area (Å²) in [4.78, 5) is 43.4. The number of amides is 3. The highest BCUT2D eigenvalue weighted by molar-refractivity contribution is 5.92. The molecule has 3 aliphatic rings. The van der Waals surface area contributed by atoms with Gasteiger partial charge in [-0.1, -0.05) is 24.3 Å². The fraction of sp³-hybridized carbons (Fsp3) is 0.545. The second-order valence-corrected chi connectivity index (χ2v) is 13.3. The number of anilines is 1. The number of nitrogens with zero attached hydrogens (tertiary/aromatic N) is 3. The van der Waals surface area contributed by atoms with Crippen LogP contribution in [0.15, 0.2) is 48.5 Å². The third-order valence-electron chi connectivity index (χ3n) is 8.61. The van der Waals surface area contributed by atoms with Crippen molar-refractivity contribution < 1.29 is 37.0 Å². The van der Waals surface area contributed by atoms with Gasteiger partial charge in [0.1, 0.15) is 11.2 Å². The lowest BCUT2D eigenvalue weighted by Crippen LogP contribution is -2.46. The van der Waals surface area contributed by atoms with Crippen LogP contribution in [0.1, 0.15) is 63.1 Å². The van der Waals surface area contributed by atoms with Crippen LogP contribution in [0.2, 0.25) is 0 Å². The number of carbonyl (C=O) groups is 3. The molecule has 0 radical (unpaired) electrons. The normalized spacial score (nSPS) is 19.5. The van der Waals surface area contributed by atoms with Gasteiger partial charge in [-0.05, 0) is 69.0 Å². The lowest BCUT2D eigenvalue weighted by Gasteiger charge is -2.37. The molecule has 3 amide bonds. The number of halogens is 3. The summed E-state index contributed by atoms with van der Waals surface area (Å²) in [5.41, 5.74) is 0.601. The van der Waals surface area contributed by atoms with E-state index in [-0.39, 0.29) is 24.0 Å². The van der Waals surface area contributed by atoms with Crippen molar-refractivity contribution in [2.75, 3.05) is 38.0 Å². The van der Waals surface area contributed by atoms with Gasteiger partial charge in [-0.25, -0.2) is 9.59 Å². The molecule has 0 bridgehead atoms. The van der Waals surface area contributed by atoms with Crippen molar-refractivity contribution in [3.63, 3.8) is 0 Å². The monoisotopic (exact) mass is 630 g/mol. The molecule has 1 N–H and O–H groups in total. The van der Waals surface area contributed by atoms with Crippen LogP contribution in [-0.4, -0.2) is 76.7 Å². The minimum Gasteiger partial charge on any atom is -0.444 e. The molecule has 45 heavy (non-hydrogen) atoms. The zero-order chi connectivity index (χ0) is 32.4. The third kappa shape index (κ3) is 8.47. The summed E-state index contributed by atoms with van der Waals surface area (Å²) in [6.45, 7) is 9.17. The number of carbonyl (C=O) groups excluding carboxylic acids is 3. The SMILES string of the molecule is CC(C)(C)OC(=O)N1CCC(C(=O)Nc2ccc(CN3CC4(CCN(Cc5ccc(C(F)(F)F)cc5)CC4)OC3=O)cc2)CC1. The molecule has 0 saturated carbocycles. The largest absolute Gasteiger partial charge is 0.444 e. The van der Waals surface area contributed by atoms with Gasteiger partial charge in [-0.3, -0.25) is 14.6 Å². The topological polar surface area (TPSA) is 91.4 Å². The molecule has 9 nitrogen and oxygen atoms in total. The highest BCUT2D eigenvalue weighted by atomic mass is 19.4. The number of piperidine rings is 2. The molecule has 12 heteroatoms. The van der Waals surface area contributed by atoms with Crippen molar-refractivity contribution in [1.82, 2.24) is 14.7 Å². The molecule has 3 heterocycles. The summed E-state index contributed by atoms with van der Waals surface area (Å²) < 4.78 is 49.9. The van der Waals surface area contributed by atoms with Crippen molar-refractivity contribution in [3.05, 3.63) is 65.2 Å². The fourth-order valence-electron chi connectivity index (χ4n) is 6.06. The first kappa shape index (κ1) is 32.6. The number of rotatable bonds is 6. The van der Waals surface area contributed by atoms with Gasteiger partial charge in [0.05, 0.1) is 12.1 Å². The zero-order valence-electron chi connectivity index (χ0n) is 26.0. The fourth-order valence-corrected chi connectivity index (χ4v) is 6.06. The molecule has 0 aromatic heterocycles. The lowest BCUT2D eigenvalue weighted by molar-refractivity contribution is -0.137. The second kappa shape index (κ2) is 12.9. The highest BCUT2D eigenvalue weighted by Gasteiger charge is 2.46. The van der Waals surface area contributed by atoms with Gasteiger partial charge >= 0.3 is 18.4 Å². The van der Waals surface area contributed by atoms with E-state index in [0.717, 1.165) is 23.3 Å². The molecular formula is C33H41F3N4O5. The van der Waals surface area contributed by atoms with E-state index in [1.54, 1.807) is 9.80 Å². The lowest BCUT2D eigenvalue weighted by atomic mass is 9.91. The Morgan fingerprint density at radius 3 is 2.07 bits per heavy atom. The summed E-state index contributed by atoms with van der Waals surface area (Å²) in [7, 11) is 0. The van der Waals surface area contributed by atoms with Crippen LogP contribution in [0, 0.1) is 5.92 Å². The van der Waals surface area contributed by atoms with Crippen molar-refractivity contribution in [2.24, 2.45) is 5.92 Å². The first-order valence-electron chi connectivity index (χ1n) is 15.4. The quantitative estimate of drug-likeness (QED) is 0.404. The second-order valence-electron chi connectivity index (χ2n) is 13.3. The van der Waals surface area contributed by atoms with Gasteiger partial charge in [0.15, 0.2) is 0 Å². The number of benzene rings is 2. The van der Waals surface area contributed by atoms with Gasteiger partial charge in [0.2, 0.25) is 5.91 Å². The molecule has 0 aliphatic carbocycles. The standard InChI is InChI=1S/C33H41F3N4O5/c1-31(2,3)44-29(42)39-16-12-25(13-17-39)28(41)37-27-10-6-24(7-11-27)21-40-22-32(45-30(40)43)14-18-38(19-15-32)20-23-4-8-26(9-5-23)33(34,35)36/h4-11,25H,12-22H2,1-3H3,(H,37,41). The summed E-state index contributed by atoms with van der Waals surface area (Å²) in [5.74, 6) is -0.276. The summed E-state index contributed by atoms with van der Waals surface area (Å²) in [5, 5.41) is 2.97. The van der Waals surface area contributed by atoms with Crippen LogP contribution < -0.4 is 5.32 Å². The Morgan fingerprint density at radius 2 is 1.49 bits per heavy atom.